The van der Waals surface area contributed by atoms with Crippen LogP contribution >= 0.6 is 0 Å². The molecule has 0 amide bonds. The lowest BCUT2D eigenvalue weighted by atomic mass is 10.1. The van der Waals surface area contributed by atoms with Crippen LogP contribution in [0.1, 0.15) is 25.3 Å². The zero-order valence-electron chi connectivity index (χ0n) is 13.8. The van der Waals surface area contributed by atoms with Crippen LogP contribution in [0.15, 0.2) is 29.1 Å². The molecule has 1 aliphatic heterocycles. The number of pyridine rings is 1. The fraction of sp³-hybridized carbons (Fsp3) is 0.500. The number of hydrogen-bond acceptors (Lipinski definition) is 4. The first-order valence-electron chi connectivity index (χ1n) is 8.24. The second kappa shape index (κ2) is 7.15. The Labute approximate surface area is 136 Å². The van der Waals surface area contributed by atoms with Gasteiger partial charge in [0.15, 0.2) is 0 Å². The van der Waals surface area contributed by atoms with E-state index in [0.29, 0.717) is 19.3 Å². The maximum absolute atomic E-state index is 12.3. The summed E-state index contributed by atoms with van der Waals surface area (Å²) in [6.45, 7) is 4.92. The van der Waals surface area contributed by atoms with Gasteiger partial charge in [-0.3, -0.25) is 9.69 Å². The summed E-state index contributed by atoms with van der Waals surface area (Å²) in [4.78, 5) is 17.4. The van der Waals surface area contributed by atoms with Crippen molar-refractivity contribution in [3.8, 4) is 5.75 Å². The maximum atomic E-state index is 12.3. The maximum Gasteiger partial charge on any atom is 0.252 e. The van der Waals surface area contributed by atoms with Crippen molar-refractivity contribution in [3.05, 3.63) is 40.2 Å². The minimum absolute atomic E-state index is 0.0270. The molecule has 5 nitrogen and oxygen atoms in total. The van der Waals surface area contributed by atoms with Crippen LogP contribution < -0.4 is 10.3 Å². The zero-order valence-corrected chi connectivity index (χ0v) is 13.8. The quantitative estimate of drug-likeness (QED) is 0.890. The number of ether oxygens (including phenoxy) is 2. The van der Waals surface area contributed by atoms with Crippen molar-refractivity contribution in [3.63, 3.8) is 0 Å². The number of fused-ring (bicyclic) bond motifs is 1. The van der Waals surface area contributed by atoms with E-state index in [2.05, 4.69) is 9.88 Å². The monoisotopic (exact) mass is 316 g/mol. The summed E-state index contributed by atoms with van der Waals surface area (Å²) >= 11 is 0. The summed E-state index contributed by atoms with van der Waals surface area (Å²) in [5.41, 5.74) is 1.58. The number of aromatic amines is 1. The lowest BCUT2D eigenvalue weighted by Gasteiger charge is -2.20. The molecule has 23 heavy (non-hydrogen) atoms. The Balaban J connectivity index is 1.78. The van der Waals surface area contributed by atoms with Gasteiger partial charge < -0.3 is 14.5 Å². The van der Waals surface area contributed by atoms with Gasteiger partial charge in [-0.15, -0.1) is 0 Å². The molecule has 2 aromatic rings. The molecule has 1 saturated heterocycles. The number of H-pyrrole nitrogens is 1. The van der Waals surface area contributed by atoms with Crippen molar-refractivity contribution >= 4 is 10.9 Å². The van der Waals surface area contributed by atoms with Gasteiger partial charge in [0.05, 0.1) is 12.7 Å². The molecule has 124 valence electrons. The third kappa shape index (κ3) is 3.92. The van der Waals surface area contributed by atoms with Crippen LogP contribution in [0, 0.1) is 0 Å². The molecule has 0 unspecified atom stereocenters. The number of likely N-dealkylation sites (N-methyl/N-ethyl adjacent to an activating group) is 1. The van der Waals surface area contributed by atoms with Crippen LogP contribution in [0.3, 0.4) is 0 Å². The fourth-order valence-corrected chi connectivity index (χ4v) is 3.10. The van der Waals surface area contributed by atoms with E-state index in [1.807, 2.05) is 38.2 Å². The van der Waals surface area contributed by atoms with E-state index in [1.54, 1.807) is 0 Å². The van der Waals surface area contributed by atoms with Gasteiger partial charge in [0, 0.05) is 36.2 Å². The van der Waals surface area contributed by atoms with Gasteiger partial charge in [0.1, 0.15) is 5.75 Å². The second-order valence-electron chi connectivity index (χ2n) is 6.14. The number of hydrogen-bond donors (Lipinski definition) is 1. The van der Waals surface area contributed by atoms with Crippen molar-refractivity contribution in [1.82, 2.24) is 9.88 Å². The lowest BCUT2D eigenvalue weighted by Crippen LogP contribution is -2.30. The van der Waals surface area contributed by atoms with E-state index in [4.69, 9.17) is 9.47 Å². The third-order valence-electron chi connectivity index (χ3n) is 4.18. The van der Waals surface area contributed by atoms with Gasteiger partial charge in [0.25, 0.3) is 5.56 Å². The highest BCUT2D eigenvalue weighted by molar-refractivity contribution is 5.80. The molecule has 0 saturated carbocycles. The highest BCUT2D eigenvalue weighted by atomic mass is 16.5. The van der Waals surface area contributed by atoms with Crippen molar-refractivity contribution in [2.24, 2.45) is 0 Å². The molecule has 1 N–H and O–H groups in total. The highest BCUT2D eigenvalue weighted by Gasteiger charge is 2.18. The summed E-state index contributed by atoms with van der Waals surface area (Å²) in [5, 5.41) is 0.996. The van der Waals surface area contributed by atoms with Gasteiger partial charge in [-0.25, -0.2) is 0 Å². The van der Waals surface area contributed by atoms with Crippen LogP contribution in [0.5, 0.6) is 5.75 Å². The molecule has 0 bridgehead atoms. The third-order valence-corrected chi connectivity index (χ3v) is 4.18. The first-order valence-corrected chi connectivity index (χ1v) is 8.24. The molecule has 0 spiro atoms. The molecule has 3 rings (SSSR count). The molecule has 1 atom stereocenters. The van der Waals surface area contributed by atoms with E-state index in [1.165, 1.54) is 0 Å². The van der Waals surface area contributed by atoms with E-state index in [9.17, 15) is 4.79 Å². The van der Waals surface area contributed by atoms with E-state index in [-0.39, 0.29) is 5.56 Å². The summed E-state index contributed by atoms with van der Waals surface area (Å²) in [5.74, 6) is 0.825. The second-order valence-corrected chi connectivity index (χ2v) is 6.14. The predicted molar refractivity (Wildman–Crippen MR) is 91.0 cm³/mol. The average molecular weight is 316 g/mol. The molecule has 0 radical (unpaired) electrons. The van der Waals surface area contributed by atoms with Gasteiger partial charge in [-0.1, -0.05) is 0 Å². The number of aromatic nitrogens is 1. The molecular formula is C18H24N2O3. The van der Waals surface area contributed by atoms with Crippen molar-refractivity contribution in [1.29, 1.82) is 0 Å². The number of benzene rings is 1. The van der Waals surface area contributed by atoms with Gasteiger partial charge in [-0.05, 0) is 51.1 Å². The van der Waals surface area contributed by atoms with Crippen LogP contribution in [0.25, 0.3) is 10.9 Å². The van der Waals surface area contributed by atoms with Gasteiger partial charge in [-0.2, -0.15) is 0 Å². The smallest absolute Gasteiger partial charge is 0.252 e. The first kappa shape index (κ1) is 16.0. The summed E-state index contributed by atoms with van der Waals surface area (Å²) in [7, 11) is 2.03. The first-order chi connectivity index (χ1) is 11.2. The fourth-order valence-electron chi connectivity index (χ4n) is 3.10. The minimum Gasteiger partial charge on any atom is -0.494 e. The van der Waals surface area contributed by atoms with E-state index < -0.39 is 0 Å². The van der Waals surface area contributed by atoms with E-state index >= 15 is 0 Å². The average Bonchev–Trinajstić information content (AvgIpc) is 3.01. The Bertz CT molecular complexity index is 720. The largest absolute Gasteiger partial charge is 0.494 e. The van der Waals surface area contributed by atoms with Crippen LogP contribution in [-0.4, -0.2) is 42.8 Å². The molecule has 2 heterocycles. The molecule has 1 aromatic carbocycles. The Morgan fingerprint density at radius 1 is 1.39 bits per heavy atom. The molecular weight excluding hydrogens is 292 g/mol. The van der Waals surface area contributed by atoms with Crippen molar-refractivity contribution in [2.45, 2.75) is 32.4 Å². The Morgan fingerprint density at radius 2 is 2.26 bits per heavy atom. The number of nitrogens with one attached hydrogen (secondary N) is 1. The van der Waals surface area contributed by atoms with E-state index in [0.717, 1.165) is 48.2 Å². The highest BCUT2D eigenvalue weighted by Crippen LogP contribution is 2.20. The van der Waals surface area contributed by atoms with Crippen LogP contribution in [0.2, 0.25) is 0 Å². The Kier molecular flexibility index (Phi) is 4.98. The van der Waals surface area contributed by atoms with Crippen LogP contribution in [0.4, 0.5) is 0 Å². The molecule has 0 aliphatic carbocycles. The molecule has 1 fully saturated rings. The Hall–Kier alpha value is -1.85. The minimum atomic E-state index is -0.0270. The van der Waals surface area contributed by atoms with Gasteiger partial charge in [0.2, 0.25) is 0 Å². The normalized spacial score (nSPS) is 18.0. The van der Waals surface area contributed by atoms with Crippen molar-refractivity contribution < 1.29 is 9.47 Å². The Morgan fingerprint density at radius 3 is 3.00 bits per heavy atom. The summed E-state index contributed by atoms with van der Waals surface area (Å²) in [6, 6.07) is 7.70. The SMILES string of the molecule is CCOc1ccc2[nH]c(=O)c(CN(C)C[C@H]3CCCO3)cc2c1. The standard InChI is InChI=1S/C18H24N2O3/c1-3-22-15-6-7-17-13(10-15)9-14(18(21)19-17)11-20(2)12-16-5-4-8-23-16/h6-7,9-10,16H,3-5,8,11-12H2,1-2H3,(H,19,21)/t16-/m1/s1. The van der Waals surface area contributed by atoms with Gasteiger partial charge >= 0.3 is 0 Å². The topological polar surface area (TPSA) is 54.6 Å². The van der Waals surface area contributed by atoms with Crippen molar-refractivity contribution in [2.75, 3.05) is 26.8 Å². The number of rotatable bonds is 6. The molecule has 1 aromatic heterocycles. The van der Waals surface area contributed by atoms with Crippen LogP contribution in [-0.2, 0) is 11.3 Å². The molecule has 5 heteroatoms. The molecule has 1 aliphatic rings. The lowest BCUT2D eigenvalue weighted by molar-refractivity contribution is 0.0792. The zero-order chi connectivity index (χ0) is 16.2. The summed E-state index contributed by atoms with van der Waals surface area (Å²) < 4.78 is 11.2. The predicted octanol–water partition coefficient (Wildman–Crippen LogP) is 2.54. The number of nitrogens with zero attached hydrogens (tertiary/aromatic N) is 1. The summed E-state index contributed by atoms with van der Waals surface area (Å²) in [6.07, 6.45) is 2.54.